The highest BCUT2D eigenvalue weighted by Gasteiger charge is 2.27. The van der Waals surface area contributed by atoms with E-state index in [2.05, 4.69) is 36.5 Å². The number of hydrogen-bond acceptors (Lipinski definition) is 5. The monoisotopic (exact) mass is 497 g/mol. The van der Waals surface area contributed by atoms with Crippen LogP contribution in [0.4, 0.5) is 0 Å². The summed E-state index contributed by atoms with van der Waals surface area (Å²) >= 11 is 0. The van der Waals surface area contributed by atoms with Crippen LogP contribution >= 0.6 is 0 Å². The van der Waals surface area contributed by atoms with Gasteiger partial charge in [0.05, 0.1) is 19.1 Å². The fraction of sp³-hybridized carbons (Fsp3) is 0.385. The number of rotatable bonds is 6. The van der Waals surface area contributed by atoms with Gasteiger partial charge < -0.3 is 9.72 Å². The molecule has 0 spiro atoms. The predicted molar refractivity (Wildman–Crippen MR) is 137 cm³/mol. The van der Waals surface area contributed by atoms with E-state index in [0.717, 1.165) is 45.2 Å². The molecule has 4 rings (SSSR count). The number of fused-ring (bicyclic) bond motifs is 1. The standard InChI is InChI=1S/C26H31N3O5S/c1-26(2,3)22-14-19(29-23(30)10-11-27-25(29)31)13-21(24(22)34-4)17-8-9-20-16(12-17)6-7-18(20)15-28-35(5,32)33/h8-14,18,28H,6-7,15H2,1-5H3,(H,27,31). The highest BCUT2D eigenvalue weighted by Crippen LogP contribution is 2.43. The third kappa shape index (κ3) is 5.11. The summed E-state index contributed by atoms with van der Waals surface area (Å²) in [5.41, 5.74) is 4.07. The molecule has 2 N–H and O–H groups in total. The Kier molecular flexibility index (Phi) is 6.50. The van der Waals surface area contributed by atoms with Gasteiger partial charge >= 0.3 is 5.69 Å². The molecule has 1 aliphatic carbocycles. The number of ether oxygens (including phenoxy) is 1. The van der Waals surface area contributed by atoms with Crippen LogP contribution in [0, 0.1) is 0 Å². The fourth-order valence-corrected chi connectivity index (χ4v) is 5.24. The van der Waals surface area contributed by atoms with E-state index >= 15 is 0 Å². The van der Waals surface area contributed by atoms with Gasteiger partial charge in [-0.05, 0) is 53.0 Å². The molecule has 2 aromatic carbocycles. The summed E-state index contributed by atoms with van der Waals surface area (Å²) < 4.78 is 32.7. The number of sulfonamides is 1. The zero-order valence-electron chi connectivity index (χ0n) is 20.6. The van der Waals surface area contributed by atoms with E-state index < -0.39 is 21.3 Å². The van der Waals surface area contributed by atoms with Crippen molar-refractivity contribution in [2.75, 3.05) is 19.9 Å². The molecule has 186 valence electrons. The first-order valence-electron chi connectivity index (χ1n) is 11.5. The summed E-state index contributed by atoms with van der Waals surface area (Å²) in [5, 5.41) is 0. The van der Waals surface area contributed by atoms with Crippen molar-refractivity contribution >= 4 is 10.0 Å². The maximum atomic E-state index is 12.6. The molecule has 1 unspecified atom stereocenters. The zero-order chi connectivity index (χ0) is 25.5. The highest BCUT2D eigenvalue weighted by molar-refractivity contribution is 7.88. The van der Waals surface area contributed by atoms with E-state index in [4.69, 9.17) is 4.74 Å². The second-order valence-corrected chi connectivity index (χ2v) is 11.9. The molecule has 8 nitrogen and oxygen atoms in total. The lowest BCUT2D eigenvalue weighted by Gasteiger charge is -2.25. The zero-order valence-corrected chi connectivity index (χ0v) is 21.5. The van der Waals surface area contributed by atoms with Crippen molar-refractivity contribution in [2.45, 2.75) is 44.9 Å². The number of benzene rings is 2. The third-order valence-corrected chi connectivity index (χ3v) is 7.14. The molecule has 3 aromatic rings. The largest absolute Gasteiger partial charge is 0.496 e. The van der Waals surface area contributed by atoms with Crippen molar-refractivity contribution in [3.63, 3.8) is 0 Å². The summed E-state index contributed by atoms with van der Waals surface area (Å²) in [7, 11) is -1.63. The molecule has 0 amide bonds. The molecule has 0 saturated carbocycles. The molecule has 1 atom stereocenters. The van der Waals surface area contributed by atoms with Crippen LogP contribution in [0.15, 0.2) is 52.2 Å². The summed E-state index contributed by atoms with van der Waals surface area (Å²) in [6.07, 6.45) is 4.21. The molecular formula is C26H31N3O5S. The molecule has 1 aromatic heterocycles. The van der Waals surface area contributed by atoms with E-state index in [0.29, 0.717) is 18.0 Å². The average Bonchev–Trinajstić information content (AvgIpc) is 3.18. The number of nitrogens with zero attached hydrogens (tertiary/aromatic N) is 1. The van der Waals surface area contributed by atoms with Gasteiger partial charge in [-0.15, -0.1) is 0 Å². The molecular weight excluding hydrogens is 466 g/mol. The summed E-state index contributed by atoms with van der Waals surface area (Å²) in [4.78, 5) is 27.7. The minimum absolute atomic E-state index is 0.119. The lowest BCUT2D eigenvalue weighted by molar-refractivity contribution is 0.399. The second-order valence-electron chi connectivity index (χ2n) is 10.1. The van der Waals surface area contributed by atoms with Gasteiger partial charge in [0.1, 0.15) is 5.75 Å². The first kappa shape index (κ1) is 24.9. The molecule has 9 heteroatoms. The van der Waals surface area contributed by atoms with Gasteiger partial charge in [0.25, 0.3) is 5.56 Å². The van der Waals surface area contributed by atoms with Gasteiger partial charge in [0.15, 0.2) is 0 Å². The number of nitrogens with one attached hydrogen (secondary N) is 2. The van der Waals surface area contributed by atoms with Gasteiger partial charge in [-0.25, -0.2) is 22.5 Å². The van der Waals surface area contributed by atoms with Crippen molar-refractivity contribution in [3.05, 3.63) is 80.1 Å². The average molecular weight is 498 g/mol. The minimum atomic E-state index is -3.25. The minimum Gasteiger partial charge on any atom is -0.496 e. The van der Waals surface area contributed by atoms with Crippen LogP contribution in [-0.2, 0) is 21.9 Å². The van der Waals surface area contributed by atoms with E-state index in [1.807, 2.05) is 24.3 Å². The predicted octanol–water partition coefficient (Wildman–Crippen LogP) is 3.08. The number of aryl methyl sites for hydroxylation is 1. The fourth-order valence-electron chi connectivity index (χ4n) is 4.74. The van der Waals surface area contributed by atoms with Gasteiger partial charge in [0.2, 0.25) is 10.0 Å². The van der Waals surface area contributed by atoms with Crippen LogP contribution in [0.3, 0.4) is 0 Å². The normalized spacial score (nSPS) is 15.7. The topological polar surface area (TPSA) is 110 Å². The van der Waals surface area contributed by atoms with Gasteiger partial charge in [-0.1, -0.05) is 39.0 Å². The van der Waals surface area contributed by atoms with Crippen LogP contribution in [0.5, 0.6) is 5.75 Å². The second kappa shape index (κ2) is 9.13. The van der Waals surface area contributed by atoms with Crippen LogP contribution < -0.4 is 20.7 Å². The third-order valence-electron chi connectivity index (χ3n) is 6.45. The first-order chi connectivity index (χ1) is 16.4. The van der Waals surface area contributed by atoms with Gasteiger partial charge in [-0.2, -0.15) is 0 Å². The van der Waals surface area contributed by atoms with Crippen molar-refractivity contribution in [2.24, 2.45) is 0 Å². The molecule has 0 fully saturated rings. The Morgan fingerprint density at radius 1 is 1.14 bits per heavy atom. The number of aromatic amines is 1. The summed E-state index contributed by atoms with van der Waals surface area (Å²) in [6, 6.07) is 11.1. The van der Waals surface area contributed by atoms with Gasteiger partial charge in [0, 0.05) is 29.9 Å². The number of hydrogen-bond donors (Lipinski definition) is 2. The van der Waals surface area contributed by atoms with Crippen LogP contribution in [0.1, 0.15) is 49.8 Å². The maximum absolute atomic E-state index is 12.6. The Labute approximate surface area is 205 Å². The Balaban J connectivity index is 1.87. The van der Waals surface area contributed by atoms with Crippen molar-refractivity contribution in [1.82, 2.24) is 14.3 Å². The van der Waals surface area contributed by atoms with Crippen LogP contribution in [0.25, 0.3) is 16.8 Å². The van der Waals surface area contributed by atoms with Crippen molar-refractivity contribution in [1.29, 1.82) is 0 Å². The van der Waals surface area contributed by atoms with E-state index in [1.165, 1.54) is 18.5 Å². The number of methoxy groups -OCH3 is 1. The Bertz CT molecular complexity index is 1470. The van der Waals surface area contributed by atoms with E-state index in [1.54, 1.807) is 7.11 Å². The molecule has 35 heavy (non-hydrogen) atoms. The number of H-pyrrole nitrogens is 1. The van der Waals surface area contributed by atoms with Crippen LogP contribution in [-0.4, -0.2) is 37.9 Å². The van der Waals surface area contributed by atoms with Crippen molar-refractivity contribution < 1.29 is 13.2 Å². The molecule has 0 bridgehead atoms. The smallest absolute Gasteiger partial charge is 0.332 e. The maximum Gasteiger partial charge on any atom is 0.332 e. The Morgan fingerprint density at radius 3 is 2.51 bits per heavy atom. The Morgan fingerprint density at radius 2 is 1.89 bits per heavy atom. The van der Waals surface area contributed by atoms with E-state index in [-0.39, 0.29) is 11.3 Å². The molecule has 1 aliphatic rings. The van der Waals surface area contributed by atoms with Crippen LogP contribution in [0.2, 0.25) is 0 Å². The SMILES string of the molecule is COc1c(-c2ccc3c(c2)CCC3CNS(C)(=O)=O)cc(-n2c(=O)cc[nH]c2=O)cc1C(C)(C)C. The lowest BCUT2D eigenvalue weighted by atomic mass is 9.83. The molecule has 0 saturated heterocycles. The quantitative estimate of drug-likeness (QED) is 0.544. The van der Waals surface area contributed by atoms with Crippen molar-refractivity contribution in [3.8, 4) is 22.6 Å². The molecule has 1 heterocycles. The molecule has 0 aliphatic heterocycles. The Hall–Kier alpha value is -3.17. The van der Waals surface area contributed by atoms with Gasteiger partial charge in [-0.3, -0.25) is 4.79 Å². The summed E-state index contributed by atoms with van der Waals surface area (Å²) in [6.45, 7) is 6.54. The molecule has 0 radical (unpaired) electrons. The lowest BCUT2D eigenvalue weighted by Crippen LogP contribution is -2.32. The highest BCUT2D eigenvalue weighted by atomic mass is 32.2. The van der Waals surface area contributed by atoms with E-state index in [9.17, 15) is 18.0 Å². The number of aromatic nitrogens is 2. The summed E-state index contributed by atoms with van der Waals surface area (Å²) in [5.74, 6) is 0.809. The first-order valence-corrected chi connectivity index (χ1v) is 13.4.